The maximum Gasteiger partial charge on any atom is 0.191 e. The van der Waals surface area contributed by atoms with Gasteiger partial charge in [0.05, 0.1) is 10.9 Å². The van der Waals surface area contributed by atoms with E-state index in [-0.39, 0.29) is 0 Å². The number of rotatable bonds is 7. The molecule has 0 spiro atoms. The van der Waals surface area contributed by atoms with Crippen molar-refractivity contribution < 1.29 is 5.11 Å². The lowest BCUT2D eigenvalue weighted by molar-refractivity contribution is 0.163. The summed E-state index contributed by atoms with van der Waals surface area (Å²) in [4.78, 5) is 7.87. The molecule has 1 aliphatic rings. The molecule has 1 saturated heterocycles. The van der Waals surface area contributed by atoms with Gasteiger partial charge in [0.15, 0.2) is 5.96 Å². The van der Waals surface area contributed by atoms with E-state index in [0.717, 1.165) is 30.5 Å². The van der Waals surface area contributed by atoms with Gasteiger partial charge in [-0.25, -0.2) is 0 Å². The summed E-state index contributed by atoms with van der Waals surface area (Å²) in [5, 5.41) is 16.8. The number of guanidine groups is 1. The molecule has 1 aliphatic heterocycles. The zero-order valence-electron chi connectivity index (χ0n) is 14.6. The maximum absolute atomic E-state index is 10.2. The molecule has 1 aromatic heterocycles. The van der Waals surface area contributed by atoms with E-state index in [4.69, 9.17) is 11.6 Å². The lowest BCUT2D eigenvalue weighted by Gasteiger charge is -2.33. The van der Waals surface area contributed by atoms with Gasteiger partial charge in [-0.1, -0.05) is 18.0 Å². The molecule has 0 radical (unpaired) electrons. The number of piperidine rings is 1. The second kappa shape index (κ2) is 10.2. The van der Waals surface area contributed by atoms with Gasteiger partial charge in [-0.2, -0.15) is 0 Å². The van der Waals surface area contributed by atoms with E-state index in [1.165, 1.54) is 37.1 Å². The molecule has 0 saturated carbocycles. The first-order chi connectivity index (χ1) is 11.6. The third-order valence-corrected chi connectivity index (χ3v) is 5.65. The minimum Gasteiger partial charge on any atom is -0.386 e. The van der Waals surface area contributed by atoms with Crippen molar-refractivity contribution >= 4 is 28.9 Å². The second-order valence-electron chi connectivity index (χ2n) is 6.18. The van der Waals surface area contributed by atoms with Crippen LogP contribution in [0.4, 0.5) is 0 Å². The van der Waals surface area contributed by atoms with Crippen molar-refractivity contribution in [2.24, 2.45) is 4.99 Å². The van der Waals surface area contributed by atoms with Crippen molar-refractivity contribution in [2.45, 2.75) is 45.3 Å². The SMILES string of the molecule is CCNC(=NCC(O)c1ccc(Cl)s1)NCCN1CCCCC1C. The van der Waals surface area contributed by atoms with Gasteiger partial charge < -0.3 is 15.7 Å². The van der Waals surface area contributed by atoms with Gasteiger partial charge in [0.25, 0.3) is 0 Å². The first-order valence-corrected chi connectivity index (χ1v) is 9.99. The fourth-order valence-electron chi connectivity index (χ4n) is 2.92. The van der Waals surface area contributed by atoms with Gasteiger partial charge in [-0.15, -0.1) is 11.3 Å². The minimum absolute atomic E-state index is 0.326. The molecule has 2 atom stereocenters. The number of thiophene rings is 1. The topological polar surface area (TPSA) is 59.9 Å². The second-order valence-corrected chi connectivity index (χ2v) is 7.93. The summed E-state index contributed by atoms with van der Waals surface area (Å²) < 4.78 is 0.689. The quantitative estimate of drug-likeness (QED) is 0.508. The monoisotopic (exact) mass is 372 g/mol. The van der Waals surface area contributed by atoms with E-state index in [1.807, 2.05) is 13.0 Å². The number of nitrogens with zero attached hydrogens (tertiary/aromatic N) is 2. The highest BCUT2D eigenvalue weighted by Crippen LogP contribution is 2.26. The van der Waals surface area contributed by atoms with Crippen molar-refractivity contribution in [1.82, 2.24) is 15.5 Å². The average Bonchev–Trinajstić information content (AvgIpc) is 3.00. The molecule has 2 heterocycles. The Morgan fingerprint density at radius 1 is 1.46 bits per heavy atom. The van der Waals surface area contributed by atoms with E-state index in [9.17, 15) is 5.11 Å². The Hall–Kier alpha value is -0.820. The van der Waals surface area contributed by atoms with Crippen LogP contribution >= 0.6 is 22.9 Å². The van der Waals surface area contributed by atoms with Gasteiger partial charge in [-0.05, 0) is 45.4 Å². The van der Waals surface area contributed by atoms with Crippen LogP contribution in [0.5, 0.6) is 0 Å². The highest BCUT2D eigenvalue weighted by atomic mass is 35.5. The minimum atomic E-state index is -0.611. The largest absolute Gasteiger partial charge is 0.386 e. The van der Waals surface area contributed by atoms with Crippen molar-refractivity contribution in [2.75, 3.05) is 32.7 Å². The zero-order chi connectivity index (χ0) is 17.4. The van der Waals surface area contributed by atoms with E-state index in [0.29, 0.717) is 16.9 Å². The van der Waals surface area contributed by atoms with E-state index >= 15 is 0 Å². The number of aliphatic hydroxyl groups excluding tert-OH is 1. The standard InChI is InChI=1S/C17H29ClN4OS/c1-3-19-17(20-9-11-22-10-5-4-6-13(22)2)21-12-14(23)15-7-8-16(18)24-15/h7-8,13-14,23H,3-6,9-12H2,1-2H3,(H2,19,20,21). The number of aliphatic imine (C=N–C) groups is 1. The number of likely N-dealkylation sites (tertiary alicyclic amines) is 1. The number of hydrogen-bond donors (Lipinski definition) is 3. The summed E-state index contributed by atoms with van der Waals surface area (Å²) in [6.07, 6.45) is 3.33. The van der Waals surface area contributed by atoms with Crippen molar-refractivity contribution in [3.63, 3.8) is 0 Å². The molecule has 24 heavy (non-hydrogen) atoms. The maximum atomic E-state index is 10.2. The Labute approximate surface area is 154 Å². The summed E-state index contributed by atoms with van der Waals surface area (Å²) in [7, 11) is 0. The summed E-state index contributed by atoms with van der Waals surface area (Å²) in [5.41, 5.74) is 0. The van der Waals surface area contributed by atoms with Crippen LogP contribution in [-0.4, -0.2) is 54.7 Å². The summed E-state index contributed by atoms with van der Waals surface area (Å²) >= 11 is 7.31. The Balaban J connectivity index is 1.79. The molecule has 136 valence electrons. The molecule has 1 aromatic rings. The Kier molecular flexibility index (Phi) is 8.32. The first-order valence-electron chi connectivity index (χ1n) is 8.79. The molecule has 2 unspecified atom stereocenters. The number of hydrogen-bond acceptors (Lipinski definition) is 4. The molecule has 7 heteroatoms. The molecule has 0 bridgehead atoms. The molecule has 1 fully saturated rings. The van der Waals surface area contributed by atoms with Crippen LogP contribution in [0, 0.1) is 0 Å². The normalized spacial score (nSPS) is 20.8. The predicted molar refractivity (Wildman–Crippen MR) is 103 cm³/mol. The fourth-order valence-corrected chi connectivity index (χ4v) is 3.96. The van der Waals surface area contributed by atoms with E-state index in [2.05, 4.69) is 27.4 Å². The first kappa shape index (κ1) is 19.5. The number of nitrogens with one attached hydrogen (secondary N) is 2. The molecular weight excluding hydrogens is 344 g/mol. The van der Waals surface area contributed by atoms with Crippen LogP contribution in [0.15, 0.2) is 17.1 Å². The third-order valence-electron chi connectivity index (χ3n) is 4.32. The lowest BCUT2D eigenvalue weighted by Crippen LogP contribution is -2.45. The van der Waals surface area contributed by atoms with Gasteiger partial charge in [0.2, 0.25) is 0 Å². The lowest BCUT2D eigenvalue weighted by atomic mass is 10.0. The summed E-state index contributed by atoms with van der Waals surface area (Å²) in [5.74, 6) is 0.754. The summed E-state index contributed by atoms with van der Waals surface area (Å²) in [6, 6.07) is 4.33. The van der Waals surface area contributed by atoms with Crippen LogP contribution in [0.3, 0.4) is 0 Å². The fraction of sp³-hybridized carbons (Fsp3) is 0.706. The summed E-state index contributed by atoms with van der Waals surface area (Å²) in [6.45, 7) is 8.54. The number of aliphatic hydroxyl groups is 1. The average molecular weight is 373 g/mol. The highest BCUT2D eigenvalue weighted by molar-refractivity contribution is 7.16. The third kappa shape index (κ3) is 6.24. The Morgan fingerprint density at radius 3 is 2.96 bits per heavy atom. The molecule has 0 aromatic carbocycles. The van der Waals surface area contributed by atoms with Gasteiger partial charge in [-0.3, -0.25) is 9.89 Å². The Morgan fingerprint density at radius 2 is 2.29 bits per heavy atom. The molecule has 0 aliphatic carbocycles. The Bertz CT molecular complexity index is 522. The van der Waals surface area contributed by atoms with Crippen LogP contribution in [0.25, 0.3) is 0 Å². The van der Waals surface area contributed by atoms with Gasteiger partial charge in [0, 0.05) is 30.6 Å². The van der Waals surface area contributed by atoms with Crippen LogP contribution < -0.4 is 10.6 Å². The van der Waals surface area contributed by atoms with Gasteiger partial charge in [0.1, 0.15) is 6.10 Å². The highest BCUT2D eigenvalue weighted by Gasteiger charge is 2.17. The molecule has 2 rings (SSSR count). The van der Waals surface area contributed by atoms with E-state index in [1.54, 1.807) is 6.07 Å². The van der Waals surface area contributed by atoms with Crippen molar-refractivity contribution in [3.05, 3.63) is 21.3 Å². The predicted octanol–water partition coefficient (Wildman–Crippen LogP) is 2.86. The van der Waals surface area contributed by atoms with Gasteiger partial charge >= 0.3 is 0 Å². The van der Waals surface area contributed by atoms with Crippen LogP contribution in [0.2, 0.25) is 4.34 Å². The molecule has 0 amide bonds. The van der Waals surface area contributed by atoms with Crippen molar-refractivity contribution in [3.8, 4) is 0 Å². The molecular formula is C17H29ClN4OS. The van der Waals surface area contributed by atoms with Crippen LogP contribution in [-0.2, 0) is 0 Å². The number of halogens is 1. The molecule has 3 N–H and O–H groups in total. The zero-order valence-corrected chi connectivity index (χ0v) is 16.2. The van der Waals surface area contributed by atoms with Crippen LogP contribution in [0.1, 0.15) is 44.1 Å². The smallest absolute Gasteiger partial charge is 0.191 e. The van der Waals surface area contributed by atoms with Crippen molar-refractivity contribution in [1.29, 1.82) is 0 Å². The molecule has 5 nitrogen and oxygen atoms in total. The van der Waals surface area contributed by atoms with E-state index < -0.39 is 6.10 Å².